The van der Waals surface area contributed by atoms with Crippen LogP contribution in [0.5, 0.6) is 5.75 Å². The van der Waals surface area contributed by atoms with Gasteiger partial charge in [0.2, 0.25) is 0 Å². The predicted molar refractivity (Wildman–Crippen MR) is 66.0 cm³/mol. The maximum Gasteiger partial charge on any atom is 0.270 e. The van der Waals surface area contributed by atoms with Crippen LogP contribution in [0.25, 0.3) is 0 Å². The van der Waals surface area contributed by atoms with Gasteiger partial charge < -0.3 is 4.74 Å². The Hall–Kier alpha value is -2.70. The maximum absolute atomic E-state index is 10.9. The standard InChI is InChI=1S/C12H11N3O4/c1-14-6-9(5-13-14)8-19-12-3-2-11(15(17)18)4-10(12)7-16/h2-7H,8H2,1H3. The minimum absolute atomic E-state index is 0.143. The molecule has 0 saturated heterocycles. The highest BCUT2D eigenvalue weighted by Gasteiger charge is 2.11. The summed E-state index contributed by atoms with van der Waals surface area (Å²) in [6.45, 7) is 0.243. The number of aromatic nitrogens is 2. The second-order valence-corrected chi connectivity index (χ2v) is 3.91. The summed E-state index contributed by atoms with van der Waals surface area (Å²) in [6, 6.07) is 3.90. The smallest absolute Gasteiger partial charge is 0.270 e. The predicted octanol–water partition coefficient (Wildman–Crippen LogP) is 1.72. The molecule has 0 bridgehead atoms. The number of nitro groups is 1. The summed E-state index contributed by atoms with van der Waals surface area (Å²) in [5.74, 6) is 0.310. The molecule has 1 heterocycles. The third-order valence-corrected chi connectivity index (χ3v) is 2.48. The van der Waals surface area contributed by atoms with Crippen molar-refractivity contribution in [2.24, 2.45) is 7.05 Å². The normalized spacial score (nSPS) is 10.2. The van der Waals surface area contributed by atoms with Gasteiger partial charge in [0, 0.05) is 30.9 Å². The quantitative estimate of drug-likeness (QED) is 0.464. The lowest BCUT2D eigenvalue weighted by Crippen LogP contribution is -1.99. The molecule has 7 nitrogen and oxygen atoms in total. The fraction of sp³-hybridized carbons (Fsp3) is 0.167. The first-order chi connectivity index (χ1) is 9.10. The Morgan fingerprint density at radius 1 is 1.53 bits per heavy atom. The SMILES string of the molecule is Cn1cc(COc2ccc([N+](=O)[O-])cc2C=O)cn1. The van der Waals surface area contributed by atoms with Gasteiger partial charge in [0.25, 0.3) is 5.69 Å². The van der Waals surface area contributed by atoms with Crippen molar-refractivity contribution in [2.75, 3.05) is 0 Å². The van der Waals surface area contributed by atoms with Gasteiger partial charge in [0.1, 0.15) is 12.4 Å². The highest BCUT2D eigenvalue weighted by molar-refractivity contribution is 5.80. The number of nitrogens with zero attached hydrogens (tertiary/aromatic N) is 3. The van der Waals surface area contributed by atoms with Crippen molar-refractivity contribution in [1.82, 2.24) is 9.78 Å². The summed E-state index contributed by atoms with van der Waals surface area (Å²) in [6.07, 6.45) is 3.96. The fourth-order valence-electron chi connectivity index (χ4n) is 1.58. The van der Waals surface area contributed by atoms with Crippen LogP contribution in [0.1, 0.15) is 15.9 Å². The molecule has 2 aromatic rings. The lowest BCUT2D eigenvalue weighted by molar-refractivity contribution is -0.384. The van der Waals surface area contributed by atoms with Gasteiger partial charge in [0.15, 0.2) is 6.29 Å². The van der Waals surface area contributed by atoms with E-state index in [0.29, 0.717) is 12.0 Å². The second-order valence-electron chi connectivity index (χ2n) is 3.91. The summed E-state index contributed by atoms with van der Waals surface area (Å²) in [4.78, 5) is 20.9. The lowest BCUT2D eigenvalue weighted by atomic mass is 10.2. The van der Waals surface area contributed by atoms with Gasteiger partial charge in [-0.15, -0.1) is 0 Å². The van der Waals surface area contributed by atoms with E-state index < -0.39 is 4.92 Å². The number of aryl methyl sites for hydroxylation is 1. The van der Waals surface area contributed by atoms with Crippen molar-refractivity contribution in [3.8, 4) is 5.75 Å². The summed E-state index contributed by atoms with van der Waals surface area (Å²) in [7, 11) is 1.78. The molecule has 0 unspecified atom stereocenters. The molecule has 1 aromatic carbocycles. The largest absolute Gasteiger partial charge is 0.488 e. The van der Waals surface area contributed by atoms with E-state index in [4.69, 9.17) is 4.74 Å². The number of carbonyl (C=O) groups is 1. The third kappa shape index (κ3) is 2.95. The third-order valence-electron chi connectivity index (χ3n) is 2.48. The van der Waals surface area contributed by atoms with E-state index in [9.17, 15) is 14.9 Å². The highest BCUT2D eigenvalue weighted by Crippen LogP contribution is 2.23. The van der Waals surface area contributed by atoms with Crippen molar-refractivity contribution in [1.29, 1.82) is 0 Å². The van der Waals surface area contributed by atoms with Crippen LogP contribution in [0.4, 0.5) is 5.69 Å². The molecule has 1 aromatic heterocycles. The van der Waals surface area contributed by atoms with E-state index in [0.717, 1.165) is 5.56 Å². The number of hydrogen-bond acceptors (Lipinski definition) is 5. The van der Waals surface area contributed by atoms with Gasteiger partial charge in [-0.1, -0.05) is 0 Å². The molecule has 0 aliphatic rings. The molecule has 0 fully saturated rings. The Bertz CT molecular complexity index is 621. The molecule has 98 valence electrons. The minimum Gasteiger partial charge on any atom is -0.488 e. The number of hydrogen-bond donors (Lipinski definition) is 0. The number of carbonyl (C=O) groups excluding carboxylic acids is 1. The number of nitro benzene ring substituents is 1. The van der Waals surface area contributed by atoms with Gasteiger partial charge in [0.05, 0.1) is 16.7 Å². The molecule has 0 radical (unpaired) electrons. The number of ether oxygens (including phenoxy) is 1. The lowest BCUT2D eigenvalue weighted by Gasteiger charge is -2.06. The van der Waals surface area contributed by atoms with Crippen LogP contribution in [-0.2, 0) is 13.7 Å². The molecular weight excluding hydrogens is 250 g/mol. The maximum atomic E-state index is 10.9. The number of aldehydes is 1. The first kappa shape index (κ1) is 12.7. The molecule has 0 aliphatic heterocycles. The Morgan fingerprint density at radius 2 is 2.32 bits per heavy atom. The molecule has 7 heteroatoms. The zero-order valence-electron chi connectivity index (χ0n) is 10.1. The minimum atomic E-state index is -0.558. The highest BCUT2D eigenvalue weighted by atomic mass is 16.6. The zero-order valence-corrected chi connectivity index (χ0v) is 10.1. The Balaban J connectivity index is 2.15. The number of benzene rings is 1. The topological polar surface area (TPSA) is 87.3 Å². The van der Waals surface area contributed by atoms with Crippen LogP contribution in [0, 0.1) is 10.1 Å². The van der Waals surface area contributed by atoms with E-state index in [1.54, 1.807) is 24.1 Å². The van der Waals surface area contributed by atoms with Crippen LogP contribution in [0.2, 0.25) is 0 Å². The van der Waals surface area contributed by atoms with E-state index in [1.807, 2.05) is 0 Å². The van der Waals surface area contributed by atoms with Crippen molar-refractivity contribution in [3.63, 3.8) is 0 Å². The monoisotopic (exact) mass is 261 g/mol. The molecule has 2 rings (SSSR count). The first-order valence-electron chi connectivity index (χ1n) is 5.44. The summed E-state index contributed by atoms with van der Waals surface area (Å²) in [5, 5.41) is 14.6. The van der Waals surface area contributed by atoms with Crippen LogP contribution >= 0.6 is 0 Å². The van der Waals surface area contributed by atoms with E-state index in [-0.39, 0.29) is 17.9 Å². The average Bonchev–Trinajstić information content (AvgIpc) is 2.81. The van der Waals surface area contributed by atoms with Gasteiger partial charge >= 0.3 is 0 Å². The van der Waals surface area contributed by atoms with Crippen LogP contribution < -0.4 is 4.74 Å². The van der Waals surface area contributed by atoms with Crippen molar-refractivity contribution in [3.05, 3.63) is 51.8 Å². The Morgan fingerprint density at radius 3 is 2.89 bits per heavy atom. The summed E-state index contributed by atoms with van der Waals surface area (Å²) < 4.78 is 7.09. The van der Waals surface area contributed by atoms with Crippen molar-refractivity contribution < 1.29 is 14.5 Å². The second kappa shape index (κ2) is 5.30. The van der Waals surface area contributed by atoms with E-state index in [2.05, 4.69) is 5.10 Å². The number of rotatable bonds is 5. The molecular formula is C12H11N3O4. The van der Waals surface area contributed by atoms with Gasteiger partial charge in [-0.25, -0.2) is 0 Å². The van der Waals surface area contributed by atoms with E-state index >= 15 is 0 Å². The van der Waals surface area contributed by atoms with Crippen molar-refractivity contribution >= 4 is 12.0 Å². The van der Waals surface area contributed by atoms with Gasteiger partial charge in [-0.2, -0.15) is 5.10 Å². The average molecular weight is 261 g/mol. The number of non-ortho nitro benzene ring substituents is 1. The summed E-state index contributed by atoms with van der Waals surface area (Å²) in [5.41, 5.74) is 0.853. The van der Waals surface area contributed by atoms with Gasteiger partial charge in [-0.05, 0) is 6.07 Å². The Kier molecular flexibility index (Phi) is 3.56. The van der Waals surface area contributed by atoms with E-state index in [1.165, 1.54) is 18.2 Å². The van der Waals surface area contributed by atoms with Crippen molar-refractivity contribution in [2.45, 2.75) is 6.61 Å². The van der Waals surface area contributed by atoms with Crippen LogP contribution in [0.3, 0.4) is 0 Å². The Labute approximate surface area is 108 Å². The van der Waals surface area contributed by atoms with Crippen LogP contribution in [0.15, 0.2) is 30.6 Å². The first-order valence-corrected chi connectivity index (χ1v) is 5.44. The van der Waals surface area contributed by atoms with Crippen LogP contribution in [-0.4, -0.2) is 21.0 Å². The summed E-state index contributed by atoms with van der Waals surface area (Å²) >= 11 is 0. The zero-order chi connectivity index (χ0) is 13.8. The molecule has 0 saturated carbocycles. The molecule has 0 amide bonds. The molecule has 0 spiro atoms. The molecule has 0 N–H and O–H groups in total. The van der Waals surface area contributed by atoms with Gasteiger partial charge in [-0.3, -0.25) is 19.6 Å². The fourth-order valence-corrected chi connectivity index (χ4v) is 1.58. The molecule has 0 atom stereocenters. The molecule has 19 heavy (non-hydrogen) atoms. The molecule has 0 aliphatic carbocycles.